The zero-order chi connectivity index (χ0) is 12.9. The highest BCUT2D eigenvalue weighted by Crippen LogP contribution is 2.18. The maximum absolute atomic E-state index is 5.62. The maximum Gasteiger partial charge on any atom is 0.100 e. The highest BCUT2D eigenvalue weighted by molar-refractivity contribution is 5.81. The van der Waals surface area contributed by atoms with Gasteiger partial charge in [-0.15, -0.1) is 0 Å². The number of fused-ring (bicyclic) bond motifs is 1. The van der Waals surface area contributed by atoms with Gasteiger partial charge < -0.3 is 0 Å². The van der Waals surface area contributed by atoms with E-state index in [2.05, 4.69) is 22.6 Å². The molecular formula is C16H18N2O. The molecule has 2 aromatic rings. The van der Waals surface area contributed by atoms with E-state index >= 15 is 0 Å². The molecule has 0 spiro atoms. The molecule has 0 saturated heterocycles. The minimum absolute atomic E-state index is 0.556. The van der Waals surface area contributed by atoms with E-state index in [1.54, 1.807) is 0 Å². The van der Waals surface area contributed by atoms with Gasteiger partial charge in [-0.2, -0.15) is 0 Å². The molecule has 0 fully saturated rings. The first-order valence-electron chi connectivity index (χ1n) is 6.83. The Morgan fingerprint density at radius 1 is 1.16 bits per heavy atom. The first kappa shape index (κ1) is 12.2. The molecule has 3 nitrogen and oxygen atoms in total. The van der Waals surface area contributed by atoms with Gasteiger partial charge in [-0.25, -0.2) is 0 Å². The molecule has 1 aromatic carbocycles. The van der Waals surface area contributed by atoms with Crippen LogP contribution in [0.5, 0.6) is 0 Å². The van der Waals surface area contributed by atoms with Gasteiger partial charge in [-0.05, 0) is 43.4 Å². The maximum atomic E-state index is 5.62. The Labute approximate surface area is 113 Å². The van der Waals surface area contributed by atoms with Crippen molar-refractivity contribution in [1.29, 1.82) is 0 Å². The Hall–Kier alpha value is -1.87. The third-order valence-corrected chi connectivity index (χ3v) is 3.46. The Bertz CT molecular complexity index is 587. The number of nitrogens with zero attached hydrogens (tertiary/aromatic N) is 1. The van der Waals surface area contributed by atoms with Crippen LogP contribution in [0.1, 0.15) is 31.2 Å². The van der Waals surface area contributed by atoms with E-state index in [-0.39, 0.29) is 0 Å². The summed E-state index contributed by atoms with van der Waals surface area (Å²) in [5.41, 5.74) is 6.46. The highest BCUT2D eigenvalue weighted by atomic mass is 16.6. The number of para-hydroxylation sites is 1. The molecule has 0 atom stereocenters. The summed E-state index contributed by atoms with van der Waals surface area (Å²) in [7, 11) is 0. The molecule has 0 saturated carbocycles. The lowest BCUT2D eigenvalue weighted by molar-refractivity contribution is 0.0465. The van der Waals surface area contributed by atoms with Crippen LogP contribution in [0, 0.1) is 0 Å². The van der Waals surface area contributed by atoms with Crippen molar-refractivity contribution >= 4 is 10.9 Å². The molecular weight excluding hydrogens is 236 g/mol. The first-order valence-corrected chi connectivity index (χ1v) is 6.83. The number of hydrogen-bond donors (Lipinski definition) is 1. The standard InChI is InChI=1S/C16H18N2O/c1-2-6-14(7-3-1)18-19-12-13-10-11-17-16-9-5-4-8-15(13)16/h4-6,8-11,18H,1-3,7,12H2. The van der Waals surface area contributed by atoms with E-state index in [1.807, 2.05) is 30.5 Å². The Morgan fingerprint density at radius 3 is 3.00 bits per heavy atom. The Morgan fingerprint density at radius 2 is 2.11 bits per heavy atom. The number of hydroxylamine groups is 1. The molecule has 0 unspecified atom stereocenters. The fourth-order valence-corrected chi connectivity index (χ4v) is 2.42. The van der Waals surface area contributed by atoms with E-state index in [0.717, 1.165) is 29.3 Å². The van der Waals surface area contributed by atoms with Gasteiger partial charge in [0.1, 0.15) is 6.61 Å². The summed E-state index contributed by atoms with van der Waals surface area (Å²) in [5.74, 6) is 0. The summed E-state index contributed by atoms with van der Waals surface area (Å²) in [6.07, 6.45) is 8.86. The fourth-order valence-electron chi connectivity index (χ4n) is 2.42. The Kier molecular flexibility index (Phi) is 3.75. The van der Waals surface area contributed by atoms with Crippen molar-refractivity contribution in [2.24, 2.45) is 0 Å². The van der Waals surface area contributed by atoms with E-state index < -0.39 is 0 Å². The molecule has 19 heavy (non-hydrogen) atoms. The van der Waals surface area contributed by atoms with Crippen LogP contribution in [0.15, 0.2) is 48.3 Å². The van der Waals surface area contributed by atoms with Crippen LogP contribution in [0.3, 0.4) is 0 Å². The molecule has 98 valence electrons. The van der Waals surface area contributed by atoms with E-state index in [4.69, 9.17) is 4.84 Å². The zero-order valence-corrected chi connectivity index (χ0v) is 10.9. The lowest BCUT2D eigenvalue weighted by Crippen LogP contribution is -2.15. The first-order chi connectivity index (χ1) is 9.43. The average Bonchev–Trinajstić information content (AvgIpc) is 2.49. The van der Waals surface area contributed by atoms with Crippen LogP contribution < -0.4 is 5.48 Å². The number of rotatable bonds is 4. The second-order valence-electron chi connectivity index (χ2n) is 4.85. The monoisotopic (exact) mass is 254 g/mol. The summed E-state index contributed by atoms with van der Waals surface area (Å²) >= 11 is 0. The third kappa shape index (κ3) is 2.93. The molecule has 0 amide bonds. The van der Waals surface area contributed by atoms with E-state index in [9.17, 15) is 0 Å². The number of aromatic nitrogens is 1. The van der Waals surface area contributed by atoms with Gasteiger partial charge in [0.25, 0.3) is 0 Å². The minimum Gasteiger partial charge on any atom is -0.272 e. The quantitative estimate of drug-likeness (QED) is 0.844. The van der Waals surface area contributed by atoms with E-state index in [0.29, 0.717) is 6.61 Å². The topological polar surface area (TPSA) is 34.1 Å². The van der Waals surface area contributed by atoms with Crippen molar-refractivity contribution in [3.05, 3.63) is 53.9 Å². The number of hydrogen-bond acceptors (Lipinski definition) is 3. The molecule has 1 heterocycles. The van der Waals surface area contributed by atoms with Crippen molar-refractivity contribution in [2.45, 2.75) is 32.3 Å². The highest BCUT2D eigenvalue weighted by Gasteiger charge is 2.04. The van der Waals surface area contributed by atoms with Crippen LogP contribution >= 0.6 is 0 Å². The lowest BCUT2D eigenvalue weighted by Gasteiger charge is -2.15. The van der Waals surface area contributed by atoms with Gasteiger partial charge >= 0.3 is 0 Å². The van der Waals surface area contributed by atoms with Crippen LogP contribution in [0.25, 0.3) is 10.9 Å². The molecule has 0 aliphatic heterocycles. The van der Waals surface area contributed by atoms with Gasteiger partial charge in [-0.3, -0.25) is 15.3 Å². The van der Waals surface area contributed by atoms with Crippen molar-refractivity contribution in [1.82, 2.24) is 10.5 Å². The SMILES string of the molecule is C1=C(NOCc2ccnc3ccccc23)CCCC1. The Balaban J connectivity index is 1.66. The third-order valence-electron chi connectivity index (χ3n) is 3.46. The summed E-state index contributed by atoms with van der Waals surface area (Å²) < 4.78 is 0. The molecule has 3 rings (SSSR count). The van der Waals surface area contributed by atoms with Crippen molar-refractivity contribution in [3.63, 3.8) is 0 Å². The largest absolute Gasteiger partial charge is 0.272 e. The fraction of sp³-hybridized carbons (Fsp3) is 0.312. The summed E-state index contributed by atoms with van der Waals surface area (Å²) in [6, 6.07) is 10.2. The molecule has 1 aromatic heterocycles. The predicted molar refractivity (Wildman–Crippen MR) is 76.2 cm³/mol. The van der Waals surface area contributed by atoms with Gasteiger partial charge in [-0.1, -0.05) is 24.3 Å². The molecule has 1 aliphatic carbocycles. The van der Waals surface area contributed by atoms with Crippen molar-refractivity contribution in [3.8, 4) is 0 Å². The summed E-state index contributed by atoms with van der Waals surface area (Å²) in [4.78, 5) is 9.97. The van der Waals surface area contributed by atoms with Gasteiger partial charge in [0.15, 0.2) is 0 Å². The van der Waals surface area contributed by atoms with Crippen LogP contribution in [-0.2, 0) is 11.4 Å². The lowest BCUT2D eigenvalue weighted by atomic mass is 10.1. The zero-order valence-electron chi connectivity index (χ0n) is 10.9. The van der Waals surface area contributed by atoms with Crippen LogP contribution in [-0.4, -0.2) is 4.98 Å². The van der Waals surface area contributed by atoms with Crippen LogP contribution in [0.4, 0.5) is 0 Å². The smallest absolute Gasteiger partial charge is 0.100 e. The molecule has 3 heteroatoms. The molecule has 1 N–H and O–H groups in total. The van der Waals surface area contributed by atoms with Crippen molar-refractivity contribution < 1.29 is 4.84 Å². The second-order valence-corrected chi connectivity index (χ2v) is 4.85. The number of benzene rings is 1. The number of pyridine rings is 1. The molecule has 0 radical (unpaired) electrons. The molecule has 0 bridgehead atoms. The van der Waals surface area contributed by atoms with E-state index in [1.165, 1.54) is 18.5 Å². The van der Waals surface area contributed by atoms with Gasteiger partial charge in [0.05, 0.1) is 5.52 Å². The normalized spacial score (nSPS) is 15.3. The second kappa shape index (κ2) is 5.85. The summed E-state index contributed by atoms with van der Waals surface area (Å²) in [5, 5.41) is 1.16. The minimum atomic E-state index is 0.556. The van der Waals surface area contributed by atoms with Crippen LogP contribution in [0.2, 0.25) is 0 Å². The number of nitrogens with one attached hydrogen (secondary N) is 1. The molecule has 1 aliphatic rings. The van der Waals surface area contributed by atoms with Crippen molar-refractivity contribution in [2.75, 3.05) is 0 Å². The van der Waals surface area contributed by atoms with Gasteiger partial charge in [0, 0.05) is 17.3 Å². The van der Waals surface area contributed by atoms with Gasteiger partial charge in [0.2, 0.25) is 0 Å². The summed E-state index contributed by atoms with van der Waals surface area (Å²) in [6.45, 7) is 0.556. The number of allylic oxidation sites excluding steroid dienone is 2. The predicted octanol–water partition coefficient (Wildman–Crippen LogP) is 3.71. The average molecular weight is 254 g/mol.